The molecule has 3 aromatic carbocycles. The third kappa shape index (κ3) is 8.27. The minimum atomic E-state index is -4.19. The number of carbonyl (C=O) groups excluding carboxylic acids is 2. The highest BCUT2D eigenvalue weighted by Crippen LogP contribution is 2.30. The number of carbonyl (C=O) groups is 2. The van der Waals surface area contributed by atoms with Gasteiger partial charge in [0.25, 0.3) is 10.0 Å². The molecule has 236 valence electrons. The minimum Gasteiger partial charge on any atom is -0.352 e. The lowest BCUT2D eigenvalue weighted by atomic mass is 9.95. The van der Waals surface area contributed by atoms with Gasteiger partial charge in [-0.2, -0.15) is 0 Å². The van der Waals surface area contributed by atoms with Crippen LogP contribution in [0.5, 0.6) is 0 Å². The van der Waals surface area contributed by atoms with Crippen LogP contribution in [0, 0.1) is 13.8 Å². The van der Waals surface area contributed by atoms with E-state index >= 15 is 0 Å². The number of anilines is 1. The SMILES string of the molecule is CC[C@H](C(=O)NC1CCCCC1)N(Cc1ccc(Cl)c(Cl)c1)C(=O)CN(c1ccc(Cl)cc1C)S(=O)(=O)c1ccc(C)cc1. The molecule has 1 N–H and O–H groups in total. The second-order valence-electron chi connectivity index (χ2n) is 11.3. The topological polar surface area (TPSA) is 86.8 Å². The van der Waals surface area contributed by atoms with E-state index in [1.165, 1.54) is 17.0 Å². The third-order valence-corrected chi connectivity index (χ3v) is 10.7. The van der Waals surface area contributed by atoms with E-state index in [0.717, 1.165) is 42.0 Å². The summed E-state index contributed by atoms with van der Waals surface area (Å²) in [6.07, 6.45) is 5.33. The number of nitrogens with one attached hydrogen (secondary N) is 1. The molecule has 11 heteroatoms. The summed E-state index contributed by atoms with van der Waals surface area (Å²) in [6.45, 7) is 4.94. The van der Waals surface area contributed by atoms with E-state index in [4.69, 9.17) is 34.8 Å². The van der Waals surface area contributed by atoms with E-state index in [0.29, 0.717) is 38.3 Å². The number of hydrogen-bond donors (Lipinski definition) is 1. The van der Waals surface area contributed by atoms with Gasteiger partial charge < -0.3 is 10.2 Å². The molecule has 1 atom stereocenters. The predicted octanol–water partition coefficient (Wildman–Crippen LogP) is 7.72. The van der Waals surface area contributed by atoms with Gasteiger partial charge in [0.1, 0.15) is 12.6 Å². The Morgan fingerprint density at radius 3 is 2.20 bits per heavy atom. The van der Waals surface area contributed by atoms with E-state index in [2.05, 4.69) is 5.32 Å². The van der Waals surface area contributed by atoms with Crippen molar-refractivity contribution in [1.82, 2.24) is 10.2 Å². The molecule has 1 saturated carbocycles. The van der Waals surface area contributed by atoms with Gasteiger partial charge in [-0.15, -0.1) is 0 Å². The van der Waals surface area contributed by atoms with E-state index in [9.17, 15) is 18.0 Å². The number of benzene rings is 3. The molecule has 7 nitrogen and oxygen atoms in total. The van der Waals surface area contributed by atoms with E-state index < -0.39 is 28.5 Å². The lowest BCUT2D eigenvalue weighted by Gasteiger charge is -2.34. The lowest BCUT2D eigenvalue weighted by molar-refractivity contribution is -0.140. The number of aryl methyl sites for hydroxylation is 2. The normalized spacial score (nSPS) is 14.6. The maximum atomic E-state index is 14.3. The second kappa shape index (κ2) is 15.0. The minimum absolute atomic E-state index is 0.0321. The first-order chi connectivity index (χ1) is 20.9. The fraction of sp³-hybridized carbons (Fsp3) is 0.394. The molecule has 0 spiro atoms. The molecule has 0 saturated heterocycles. The third-order valence-electron chi connectivity index (χ3n) is 7.99. The Morgan fingerprint density at radius 1 is 0.909 bits per heavy atom. The Labute approximate surface area is 275 Å². The fourth-order valence-electron chi connectivity index (χ4n) is 5.55. The zero-order valence-corrected chi connectivity index (χ0v) is 28.2. The Kier molecular flexibility index (Phi) is 11.6. The molecular formula is C33H38Cl3N3O4S. The van der Waals surface area contributed by atoms with Crippen LogP contribution < -0.4 is 9.62 Å². The molecule has 0 unspecified atom stereocenters. The van der Waals surface area contributed by atoms with Gasteiger partial charge in [0.15, 0.2) is 0 Å². The molecule has 4 rings (SSSR count). The van der Waals surface area contributed by atoms with Gasteiger partial charge in [-0.3, -0.25) is 13.9 Å². The molecule has 0 aliphatic heterocycles. The van der Waals surface area contributed by atoms with Crippen LogP contribution in [0.3, 0.4) is 0 Å². The molecule has 1 aliphatic rings. The van der Waals surface area contributed by atoms with Crippen LogP contribution in [0.25, 0.3) is 0 Å². The quantitative estimate of drug-likeness (QED) is 0.225. The Morgan fingerprint density at radius 2 is 1.59 bits per heavy atom. The van der Waals surface area contributed by atoms with Crippen LogP contribution in [0.2, 0.25) is 15.1 Å². The number of amides is 2. The van der Waals surface area contributed by atoms with Gasteiger partial charge in [-0.05, 0) is 86.7 Å². The first-order valence-corrected chi connectivity index (χ1v) is 17.4. The molecule has 0 radical (unpaired) electrons. The van der Waals surface area contributed by atoms with Crippen LogP contribution in [0.1, 0.15) is 62.1 Å². The van der Waals surface area contributed by atoms with Crippen molar-refractivity contribution in [2.45, 2.75) is 82.8 Å². The van der Waals surface area contributed by atoms with Crippen LogP contribution in [-0.2, 0) is 26.2 Å². The smallest absolute Gasteiger partial charge is 0.264 e. The average Bonchev–Trinajstić information content (AvgIpc) is 2.98. The van der Waals surface area contributed by atoms with Crippen molar-refractivity contribution in [2.75, 3.05) is 10.8 Å². The maximum Gasteiger partial charge on any atom is 0.264 e. The summed E-state index contributed by atoms with van der Waals surface area (Å²) in [5.41, 5.74) is 2.46. The van der Waals surface area contributed by atoms with Gasteiger partial charge in [0.2, 0.25) is 11.8 Å². The van der Waals surface area contributed by atoms with Crippen molar-refractivity contribution >= 4 is 62.3 Å². The predicted molar refractivity (Wildman–Crippen MR) is 178 cm³/mol. The average molecular weight is 679 g/mol. The first kappa shape index (κ1) is 34.1. The molecule has 0 bridgehead atoms. The number of hydrogen-bond acceptors (Lipinski definition) is 4. The summed E-state index contributed by atoms with van der Waals surface area (Å²) in [5.74, 6) is -0.796. The van der Waals surface area contributed by atoms with Crippen LogP contribution >= 0.6 is 34.8 Å². The molecule has 1 aliphatic carbocycles. The highest BCUT2D eigenvalue weighted by atomic mass is 35.5. The van der Waals surface area contributed by atoms with E-state index in [-0.39, 0.29) is 23.4 Å². The van der Waals surface area contributed by atoms with E-state index in [1.54, 1.807) is 55.5 Å². The van der Waals surface area contributed by atoms with Crippen LogP contribution in [-0.4, -0.2) is 43.8 Å². The van der Waals surface area contributed by atoms with Crippen molar-refractivity contribution in [3.63, 3.8) is 0 Å². The summed E-state index contributed by atoms with van der Waals surface area (Å²) in [5, 5.41) is 4.27. The largest absolute Gasteiger partial charge is 0.352 e. The maximum absolute atomic E-state index is 14.3. The lowest BCUT2D eigenvalue weighted by Crippen LogP contribution is -2.54. The number of halogens is 3. The Balaban J connectivity index is 1.74. The van der Waals surface area contributed by atoms with Crippen molar-refractivity contribution < 1.29 is 18.0 Å². The summed E-state index contributed by atoms with van der Waals surface area (Å²) in [4.78, 5) is 29.5. The van der Waals surface area contributed by atoms with Crippen molar-refractivity contribution in [3.05, 3.63) is 92.4 Å². The summed E-state index contributed by atoms with van der Waals surface area (Å²) < 4.78 is 29.3. The monoisotopic (exact) mass is 677 g/mol. The molecule has 2 amide bonds. The van der Waals surface area contributed by atoms with Crippen molar-refractivity contribution in [2.24, 2.45) is 0 Å². The molecule has 3 aromatic rings. The van der Waals surface area contributed by atoms with Gasteiger partial charge in [0.05, 0.1) is 20.6 Å². The van der Waals surface area contributed by atoms with Gasteiger partial charge in [0, 0.05) is 17.6 Å². The summed E-state index contributed by atoms with van der Waals surface area (Å²) >= 11 is 18.7. The van der Waals surface area contributed by atoms with E-state index in [1.807, 2.05) is 13.8 Å². The number of nitrogens with zero attached hydrogens (tertiary/aromatic N) is 2. The molecule has 1 fully saturated rings. The Hall–Kier alpha value is -2.78. The highest BCUT2D eigenvalue weighted by molar-refractivity contribution is 7.92. The standard InChI is InChI=1S/C33H38Cl3N3O4S/c1-4-30(33(41)37-26-8-6-5-7-9-26)38(20-24-12-16-28(35)29(36)19-24)32(40)21-39(31-17-13-25(34)18-23(31)3)44(42,43)27-14-10-22(2)11-15-27/h10-19,26,30H,4-9,20-21H2,1-3H3,(H,37,41)/t30-/m1/s1. The molecule has 0 heterocycles. The van der Waals surface area contributed by atoms with Gasteiger partial charge in [-0.25, -0.2) is 8.42 Å². The van der Waals surface area contributed by atoms with Gasteiger partial charge in [-0.1, -0.05) is 84.8 Å². The molecule has 0 aromatic heterocycles. The second-order valence-corrected chi connectivity index (χ2v) is 14.4. The zero-order chi connectivity index (χ0) is 32.0. The summed E-state index contributed by atoms with van der Waals surface area (Å²) in [6, 6.07) is 15.5. The van der Waals surface area contributed by atoms with Gasteiger partial charge >= 0.3 is 0 Å². The van der Waals surface area contributed by atoms with Crippen molar-refractivity contribution in [1.29, 1.82) is 0 Å². The highest BCUT2D eigenvalue weighted by Gasteiger charge is 2.35. The van der Waals surface area contributed by atoms with Crippen molar-refractivity contribution in [3.8, 4) is 0 Å². The zero-order valence-electron chi connectivity index (χ0n) is 25.2. The van der Waals surface area contributed by atoms with Crippen LogP contribution in [0.4, 0.5) is 5.69 Å². The molecular weight excluding hydrogens is 641 g/mol. The fourth-order valence-corrected chi connectivity index (χ4v) is 7.57. The van der Waals surface area contributed by atoms with Crippen LogP contribution in [0.15, 0.2) is 65.6 Å². The summed E-state index contributed by atoms with van der Waals surface area (Å²) in [7, 11) is -4.19. The first-order valence-electron chi connectivity index (χ1n) is 14.8. The Bertz CT molecular complexity index is 1590. The number of rotatable bonds is 11. The number of sulfonamides is 1. The molecule has 44 heavy (non-hydrogen) atoms.